The van der Waals surface area contributed by atoms with Crippen LogP contribution < -0.4 is 10.2 Å². The molecule has 0 unspecified atom stereocenters. The second kappa shape index (κ2) is 8.42. The predicted molar refractivity (Wildman–Crippen MR) is 124 cm³/mol. The Kier molecular flexibility index (Phi) is 5.57. The van der Waals surface area contributed by atoms with Crippen LogP contribution in [-0.4, -0.2) is 74.3 Å². The Morgan fingerprint density at radius 1 is 1.27 bits per heavy atom. The fourth-order valence-corrected chi connectivity index (χ4v) is 4.77. The van der Waals surface area contributed by atoms with E-state index in [0.717, 1.165) is 25.5 Å². The molecule has 9 nitrogen and oxygen atoms in total. The molecule has 5 rings (SSSR count). The first-order chi connectivity index (χ1) is 15.8. The van der Waals surface area contributed by atoms with Gasteiger partial charge in [0.2, 0.25) is 17.8 Å². The number of hydrogen-bond acceptors (Lipinski definition) is 7. The molecule has 2 aromatic heterocycles. The molecule has 2 aliphatic rings. The van der Waals surface area contributed by atoms with Gasteiger partial charge >= 0.3 is 0 Å². The monoisotopic (exact) mass is 473 g/mol. The molecule has 0 bridgehead atoms. The first-order valence-electron chi connectivity index (χ1n) is 11.0. The van der Waals surface area contributed by atoms with E-state index in [1.54, 1.807) is 4.90 Å². The number of hydrogen-bond donors (Lipinski definition) is 2. The minimum atomic E-state index is -0.755. The maximum atomic E-state index is 15.0. The summed E-state index contributed by atoms with van der Waals surface area (Å²) >= 11 is 6.40. The highest BCUT2D eigenvalue weighted by atomic mass is 35.5. The van der Waals surface area contributed by atoms with Crippen molar-refractivity contribution < 1.29 is 14.3 Å². The highest BCUT2D eigenvalue weighted by Gasteiger charge is 2.29. The van der Waals surface area contributed by atoms with E-state index in [-0.39, 0.29) is 24.4 Å². The molecule has 2 aliphatic heterocycles. The van der Waals surface area contributed by atoms with E-state index in [1.165, 1.54) is 19.2 Å². The van der Waals surface area contributed by atoms with Crippen molar-refractivity contribution in [2.45, 2.75) is 38.5 Å². The van der Waals surface area contributed by atoms with Crippen LogP contribution >= 0.6 is 11.6 Å². The Labute approximate surface area is 195 Å². The number of nitrogens with one attached hydrogen (secondary N) is 1. The SMILES string of the molecule is CC(=O)N1CC[C@@H](Nc2ncc(Cl)c(-c3cc(F)c4nc5n(c4c3)CCCN5C)n2)[C@H](O)C1. The molecule has 11 heteroatoms. The van der Waals surface area contributed by atoms with Crippen molar-refractivity contribution >= 4 is 40.4 Å². The number of amides is 1. The molecule has 1 saturated heterocycles. The fraction of sp³-hybridized carbons (Fsp3) is 0.455. The topological polar surface area (TPSA) is 99.4 Å². The predicted octanol–water partition coefficient (Wildman–Crippen LogP) is 2.52. The van der Waals surface area contributed by atoms with Crippen LogP contribution in [0.3, 0.4) is 0 Å². The smallest absolute Gasteiger partial charge is 0.223 e. The zero-order valence-corrected chi connectivity index (χ0v) is 19.2. The number of aromatic nitrogens is 4. The number of carbonyl (C=O) groups excluding carboxylic acids is 1. The van der Waals surface area contributed by atoms with Gasteiger partial charge in [0.25, 0.3) is 0 Å². The zero-order chi connectivity index (χ0) is 23.3. The van der Waals surface area contributed by atoms with Gasteiger partial charge in [0.05, 0.1) is 34.6 Å². The van der Waals surface area contributed by atoms with Gasteiger partial charge in [-0.3, -0.25) is 4.79 Å². The Bertz CT molecular complexity index is 1230. The molecule has 4 heterocycles. The highest BCUT2D eigenvalue weighted by molar-refractivity contribution is 6.33. The number of halogens is 2. The summed E-state index contributed by atoms with van der Waals surface area (Å²) in [6.45, 7) is 3.91. The lowest BCUT2D eigenvalue weighted by molar-refractivity contribution is -0.132. The molecule has 0 saturated carbocycles. The number of anilines is 2. The van der Waals surface area contributed by atoms with Crippen LogP contribution in [0.2, 0.25) is 5.02 Å². The van der Waals surface area contributed by atoms with Crippen LogP contribution in [0.25, 0.3) is 22.3 Å². The van der Waals surface area contributed by atoms with E-state index in [9.17, 15) is 9.90 Å². The van der Waals surface area contributed by atoms with E-state index >= 15 is 4.39 Å². The summed E-state index contributed by atoms with van der Waals surface area (Å²) < 4.78 is 17.1. The van der Waals surface area contributed by atoms with Crippen LogP contribution in [0.1, 0.15) is 19.8 Å². The molecule has 3 aromatic rings. The number of rotatable bonds is 3. The number of carbonyl (C=O) groups is 1. The van der Waals surface area contributed by atoms with Gasteiger partial charge in [0, 0.05) is 45.7 Å². The maximum absolute atomic E-state index is 15.0. The summed E-state index contributed by atoms with van der Waals surface area (Å²) in [6.07, 6.45) is 2.21. The summed E-state index contributed by atoms with van der Waals surface area (Å²) in [5, 5.41) is 13.9. The Morgan fingerprint density at radius 3 is 2.85 bits per heavy atom. The third kappa shape index (κ3) is 3.97. The van der Waals surface area contributed by atoms with Crippen molar-refractivity contribution in [3.05, 3.63) is 29.2 Å². The molecule has 0 spiro atoms. The number of piperidine rings is 1. The van der Waals surface area contributed by atoms with Gasteiger partial charge in [0.1, 0.15) is 5.52 Å². The number of benzene rings is 1. The first-order valence-corrected chi connectivity index (χ1v) is 11.3. The molecule has 2 atom stereocenters. The standard InChI is InChI=1S/C22H25ClFN7O2/c1-12(32)30-7-4-16(18(33)11-30)26-21-25-10-14(23)19(27-21)13-8-15(24)20-17(9-13)31-6-3-5-29(2)22(31)28-20/h8-10,16,18,33H,3-7,11H2,1-2H3,(H,25,26,27)/t16-,18-/m1/s1. The Balaban J connectivity index is 1.47. The van der Waals surface area contributed by atoms with Crippen LogP contribution in [0.15, 0.2) is 18.3 Å². The van der Waals surface area contributed by atoms with Gasteiger partial charge in [-0.15, -0.1) is 0 Å². The maximum Gasteiger partial charge on any atom is 0.223 e. The number of aliphatic hydroxyl groups is 1. The summed E-state index contributed by atoms with van der Waals surface area (Å²) in [5.41, 5.74) is 1.94. The largest absolute Gasteiger partial charge is 0.389 e. The molecule has 0 radical (unpaired) electrons. The lowest BCUT2D eigenvalue weighted by Gasteiger charge is -2.35. The van der Waals surface area contributed by atoms with Gasteiger partial charge < -0.3 is 24.8 Å². The summed E-state index contributed by atoms with van der Waals surface area (Å²) in [5.74, 6) is 0.525. The van der Waals surface area contributed by atoms with E-state index in [0.29, 0.717) is 40.3 Å². The van der Waals surface area contributed by atoms with Crippen molar-refractivity contribution in [3.63, 3.8) is 0 Å². The lowest BCUT2D eigenvalue weighted by atomic mass is 10.0. The van der Waals surface area contributed by atoms with Gasteiger partial charge in [-0.05, 0) is 25.0 Å². The number of fused-ring (bicyclic) bond motifs is 3. The first kappa shape index (κ1) is 21.8. The number of β-amino-alcohol motifs (C(OH)–C–C–N with tert-alkyl or cyclic N) is 1. The van der Waals surface area contributed by atoms with Crippen molar-refractivity contribution in [1.82, 2.24) is 24.4 Å². The minimum Gasteiger partial charge on any atom is -0.389 e. The number of imidazole rings is 1. The van der Waals surface area contributed by atoms with Crippen LogP contribution in [0.5, 0.6) is 0 Å². The summed E-state index contributed by atoms with van der Waals surface area (Å²) in [4.78, 5) is 28.5. The van der Waals surface area contributed by atoms with Gasteiger partial charge in [-0.1, -0.05) is 11.6 Å². The Morgan fingerprint density at radius 2 is 2.09 bits per heavy atom. The molecule has 1 aromatic carbocycles. The van der Waals surface area contributed by atoms with Crippen molar-refractivity contribution in [3.8, 4) is 11.3 Å². The van der Waals surface area contributed by atoms with Crippen LogP contribution in [0, 0.1) is 5.82 Å². The lowest BCUT2D eigenvalue weighted by Crippen LogP contribution is -2.51. The minimum absolute atomic E-state index is 0.0665. The number of aryl methyl sites for hydroxylation is 1. The summed E-state index contributed by atoms with van der Waals surface area (Å²) in [7, 11) is 1.95. The molecule has 0 aliphatic carbocycles. The normalized spacial score (nSPS) is 20.8. The average Bonchev–Trinajstić information content (AvgIpc) is 3.17. The van der Waals surface area contributed by atoms with Crippen molar-refractivity contribution in [2.24, 2.45) is 0 Å². The fourth-order valence-electron chi connectivity index (χ4n) is 4.57. The van der Waals surface area contributed by atoms with E-state index < -0.39 is 11.9 Å². The van der Waals surface area contributed by atoms with E-state index in [1.807, 2.05) is 22.6 Å². The van der Waals surface area contributed by atoms with Gasteiger partial charge in [-0.2, -0.15) is 0 Å². The molecular formula is C22H25ClFN7O2. The van der Waals surface area contributed by atoms with E-state index in [4.69, 9.17) is 11.6 Å². The number of likely N-dealkylation sites (tertiary alicyclic amines) is 1. The van der Waals surface area contributed by atoms with Gasteiger partial charge in [0.15, 0.2) is 5.82 Å². The highest BCUT2D eigenvalue weighted by Crippen LogP contribution is 2.34. The molecule has 2 N–H and O–H groups in total. The third-order valence-corrected chi connectivity index (χ3v) is 6.64. The van der Waals surface area contributed by atoms with E-state index in [2.05, 4.69) is 20.3 Å². The second-order valence-corrected chi connectivity index (χ2v) is 9.03. The molecule has 1 amide bonds. The average molecular weight is 474 g/mol. The van der Waals surface area contributed by atoms with Crippen LogP contribution in [-0.2, 0) is 11.3 Å². The summed E-state index contributed by atoms with van der Waals surface area (Å²) in [6, 6.07) is 2.93. The number of aliphatic hydroxyl groups excluding tert-OH is 1. The zero-order valence-electron chi connectivity index (χ0n) is 18.4. The number of nitrogens with zero attached hydrogens (tertiary/aromatic N) is 6. The van der Waals surface area contributed by atoms with Crippen molar-refractivity contribution in [2.75, 3.05) is 36.9 Å². The molecule has 174 valence electrons. The molecular weight excluding hydrogens is 449 g/mol. The van der Waals surface area contributed by atoms with Crippen molar-refractivity contribution in [1.29, 1.82) is 0 Å². The van der Waals surface area contributed by atoms with Crippen LogP contribution in [0.4, 0.5) is 16.3 Å². The van der Waals surface area contributed by atoms with Gasteiger partial charge in [-0.25, -0.2) is 19.3 Å². The third-order valence-electron chi connectivity index (χ3n) is 6.36. The molecule has 1 fully saturated rings. The second-order valence-electron chi connectivity index (χ2n) is 8.63. The molecule has 33 heavy (non-hydrogen) atoms. The Hall–Kier alpha value is -2.98. The quantitative estimate of drug-likeness (QED) is 0.603.